The molecule has 2 aliphatic rings. The molecular formula is C25H38N4S. The van der Waals surface area contributed by atoms with Crippen LogP contribution < -0.4 is 15.5 Å². The first-order valence-electron chi connectivity index (χ1n) is 11.5. The Labute approximate surface area is 186 Å². The lowest BCUT2D eigenvalue weighted by molar-refractivity contribution is 0.332. The highest BCUT2D eigenvalue weighted by atomic mass is 32.1. The number of thiazole rings is 1. The third kappa shape index (κ3) is 4.44. The number of nitrogens with zero attached hydrogens (tertiary/aromatic N) is 2. The van der Waals surface area contributed by atoms with E-state index in [1.165, 1.54) is 47.5 Å². The number of likely N-dealkylation sites (N-methyl/N-ethyl adjacent to an activating group) is 1. The smallest absolute Gasteiger partial charge is 0.185 e. The van der Waals surface area contributed by atoms with Crippen LogP contribution in [0.3, 0.4) is 0 Å². The van der Waals surface area contributed by atoms with E-state index in [-0.39, 0.29) is 10.8 Å². The molecule has 1 aliphatic heterocycles. The molecule has 0 bridgehead atoms. The van der Waals surface area contributed by atoms with Crippen LogP contribution in [0.1, 0.15) is 64.5 Å². The molecule has 1 aliphatic carbocycles. The molecule has 30 heavy (non-hydrogen) atoms. The van der Waals surface area contributed by atoms with Gasteiger partial charge in [0.25, 0.3) is 0 Å². The summed E-state index contributed by atoms with van der Waals surface area (Å²) in [5, 5.41) is 10.3. The van der Waals surface area contributed by atoms with E-state index in [0.717, 1.165) is 31.9 Å². The summed E-state index contributed by atoms with van der Waals surface area (Å²) in [4.78, 5) is 7.52. The van der Waals surface area contributed by atoms with Crippen molar-refractivity contribution in [2.45, 2.75) is 70.3 Å². The Morgan fingerprint density at radius 2 is 1.73 bits per heavy atom. The lowest BCUT2D eigenvalue weighted by atomic mass is 9.63. The van der Waals surface area contributed by atoms with Gasteiger partial charge < -0.3 is 15.5 Å². The van der Waals surface area contributed by atoms with Gasteiger partial charge >= 0.3 is 0 Å². The summed E-state index contributed by atoms with van der Waals surface area (Å²) in [6.45, 7) is 13.8. The maximum atomic E-state index is 5.05. The number of hydrogen-bond acceptors (Lipinski definition) is 5. The molecule has 0 amide bonds. The van der Waals surface area contributed by atoms with Crippen LogP contribution in [-0.4, -0.2) is 44.3 Å². The summed E-state index contributed by atoms with van der Waals surface area (Å²) in [6, 6.07) is 7.72. The second-order valence-corrected chi connectivity index (χ2v) is 11.2. The predicted octanol–water partition coefficient (Wildman–Crippen LogP) is 4.94. The lowest BCUT2D eigenvalue weighted by Gasteiger charge is -2.42. The molecule has 1 aromatic carbocycles. The van der Waals surface area contributed by atoms with Crippen LogP contribution in [-0.2, 0) is 10.8 Å². The second-order valence-electron chi connectivity index (χ2n) is 10.4. The third-order valence-corrected chi connectivity index (χ3v) is 8.12. The molecule has 2 N–H and O–H groups in total. The van der Waals surface area contributed by atoms with Gasteiger partial charge in [0.2, 0.25) is 0 Å². The van der Waals surface area contributed by atoms with Gasteiger partial charge in [-0.05, 0) is 60.8 Å². The number of aromatic nitrogens is 1. The van der Waals surface area contributed by atoms with Crippen LogP contribution in [0.4, 0.5) is 5.13 Å². The van der Waals surface area contributed by atoms with E-state index in [0.29, 0.717) is 6.04 Å². The molecule has 0 saturated carbocycles. The summed E-state index contributed by atoms with van der Waals surface area (Å²) >= 11 is 1.80. The average molecular weight is 427 g/mol. The van der Waals surface area contributed by atoms with Crippen molar-refractivity contribution >= 4 is 16.5 Å². The summed E-state index contributed by atoms with van der Waals surface area (Å²) < 4.78 is 0. The Hall–Kier alpha value is -1.43. The standard InChI is InChI=1S/C25H38N4S/c1-24(2)10-11-25(3,4)21-16-18(6-7-20(21)24)22-17-30-23(28-22)29-14-8-19(9-15-29)27-13-12-26-5/h6-7,16-17,19,26-27H,8-15H2,1-5H3. The topological polar surface area (TPSA) is 40.2 Å². The Morgan fingerprint density at radius 1 is 1.03 bits per heavy atom. The largest absolute Gasteiger partial charge is 0.348 e. The fraction of sp³-hybridized carbons (Fsp3) is 0.640. The number of fused-ring (bicyclic) bond motifs is 1. The Balaban J connectivity index is 1.48. The molecule has 1 aromatic heterocycles. The van der Waals surface area contributed by atoms with Gasteiger partial charge in [-0.3, -0.25) is 0 Å². The van der Waals surface area contributed by atoms with E-state index in [2.05, 4.69) is 66.8 Å². The first-order chi connectivity index (χ1) is 14.3. The quantitative estimate of drug-likeness (QED) is 0.642. The van der Waals surface area contributed by atoms with Gasteiger partial charge in [-0.2, -0.15) is 0 Å². The van der Waals surface area contributed by atoms with Crippen LogP contribution in [0.5, 0.6) is 0 Å². The first-order valence-corrected chi connectivity index (χ1v) is 12.4. The van der Waals surface area contributed by atoms with Gasteiger partial charge in [-0.1, -0.05) is 39.8 Å². The molecular weight excluding hydrogens is 388 g/mol. The Bertz CT molecular complexity index is 862. The van der Waals surface area contributed by atoms with Crippen molar-refractivity contribution in [1.29, 1.82) is 0 Å². The van der Waals surface area contributed by atoms with Gasteiger partial charge in [-0.15, -0.1) is 11.3 Å². The molecule has 0 atom stereocenters. The van der Waals surface area contributed by atoms with Gasteiger partial charge in [0, 0.05) is 43.2 Å². The molecule has 1 fully saturated rings. The van der Waals surface area contributed by atoms with Crippen molar-refractivity contribution in [3.05, 3.63) is 34.7 Å². The van der Waals surface area contributed by atoms with Crippen molar-refractivity contribution in [1.82, 2.24) is 15.6 Å². The molecule has 2 aromatic rings. The molecule has 5 heteroatoms. The molecule has 1 saturated heterocycles. The summed E-state index contributed by atoms with van der Waals surface area (Å²) in [5.41, 5.74) is 5.94. The zero-order valence-corrected chi connectivity index (χ0v) is 20.2. The maximum Gasteiger partial charge on any atom is 0.185 e. The summed E-state index contributed by atoms with van der Waals surface area (Å²) in [6.07, 6.45) is 4.89. The van der Waals surface area contributed by atoms with E-state index < -0.39 is 0 Å². The molecule has 0 radical (unpaired) electrons. The maximum absolute atomic E-state index is 5.05. The predicted molar refractivity (Wildman–Crippen MR) is 130 cm³/mol. The SMILES string of the molecule is CNCCNC1CCN(c2nc(-c3ccc4c(c3)C(C)(C)CCC4(C)C)cs2)CC1. The number of piperidine rings is 1. The number of rotatable bonds is 6. The molecule has 164 valence electrons. The van der Waals surface area contributed by atoms with E-state index in [4.69, 9.17) is 4.98 Å². The minimum absolute atomic E-state index is 0.238. The Morgan fingerprint density at radius 3 is 2.43 bits per heavy atom. The van der Waals surface area contributed by atoms with Crippen LogP contribution in [0.15, 0.2) is 23.6 Å². The van der Waals surface area contributed by atoms with Crippen molar-refractivity contribution in [2.24, 2.45) is 0 Å². The zero-order chi connectivity index (χ0) is 21.4. The average Bonchev–Trinajstić information content (AvgIpc) is 3.22. The minimum atomic E-state index is 0.238. The van der Waals surface area contributed by atoms with Crippen LogP contribution in [0.2, 0.25) is 0 Å². The van der Waals surface area contributed by atoms with Gasteiger partial charge in [0.15, 0.2) is 5.13 Å². The number of benzene rings is 1. The van der Waals surface area contributed by atoms with Crippen LogP contribution >= 0.6 is 11.3 Å². The van der Waals surface area contributed by atoms with Gasteiger partial charge in [0.05, 0.1) is 5.69 Å². The monoisotopic (exact) mass is 426 g/mol. The third-order valence-electron chi connectivity index (χ3n) is 7.21. The highest BCUT2D eigenvalue weighted by molar-refractivity contribution is 7.14. The fourth-order valence-corrected chi connectivity index (χ4v) is 5.85. The zero-order valence-electron chi connectivity index (χ0n) is 19.3. The van der Waals surface area contributed by atoms with Crippen molar-refractivity contribution in [3.8, 4) is 11.3 Å². The molecule has 2 heterocycles. The highest BCUT2D eigenvalue weighted by Crippen LogP contribution is 2.46. The molecule has 4 nitrogen and oxygen atoms in total. The number of nitrogens with one attached hydrogen (secondary N) is 2. The van der Waals surface area contributed by atoms with Crippen LogP contribution in [0.25, 0.3) is 11.3 Å². The molecule has 0 unspecified atom stereocenters. The first kappa shape index (κ1) is 21.8. The van der Waals surface area contributed by atoms with E-state index in [1.807, 2.05) is 7.05 Å². The van der Waals surface area contributed by atoms with Crippen LogP contribution in [0, 0.1) is 0 Å². The second kappa shape index (κ2) is 8.60. The van der Waals surface area contributed by atoms with Crippen molar-refractivity contribution in [3.63, 3.8) is 0 Å². The molecule has 0 spiro atoms. The minimum Gasteiger partial charge on any atom is -0.348 e. The van der Waals surface area contributed by atoms with Crippen molar-refractivity contribution in [2.75, 3.05) is 38.1 Å². The number of hydrogen-bond donors (Lipinski definition) is 2. The van der Waals surface area contributed by atoms with E-state index >= 15 is 0 Å². The van der Waals surface area contributed by atoms with Gasteiger partial charge in [-0.25, -0.2) is 4.98 Å². The Kier molecular flexibility index (Phi) is 6.25. The summed E-state index contributed by atoms with van der Waals surface area (Å²) in [7, 11) is 2.01. The van der Waals surface area contributed by atoms with E-state index in [1.54, 1.807) is 11.3 Å². The highest BCUT2D eigenvalue weighted by Gasteiger charge is 2.37. The van der Waals surface area contributed by atoms with Gasteiger partial charge in [0.1, 0.15) is 0 Å². The fourth-order valence-electron chi connectivity index (χ4n) is 4.97. The summed E-state index contributed by atoms with van der Waals surface area (Å²) in [5.74, 6) is 0. The number of anilines is 1. The lowest BCUT2D eigenvalue weighted by Crippen LogP contribution is -2.44. The molecule has 4 rings (SSSR count). The van der Waals surface area contributed by atoms with Crippen molar-refractivity contribution < 1.29 is 0 Å². The van der Waals surface area contributed by atoms with E-state index in [9.17, 15) is 0 Å². The normalized spacial score (nSPS) is 20.9.